The predicted molar refractivity (Wildman–Crippen MR) is 94.2 cm³/mol. The summed E-state index contributed by atoms with van der Waals surface area (Å²) in [5.41, 5.74) is 2.06. The van der Waals surface area contributed by atoms with Crippen molar-refractivity contribution < 1.29 is 9.18 Å². The third-order valence-electron chi connectivity index (χ3n) is 4.68. The first-order valence-corrected chi connectivity index (χ1v) is 8.41. The normalized spacial score (nSPS) is 17.2. The van der Waals surface area contributed by atoms with Gasteiger partial charge < -0.3 is 14.6 Å². The number of fused-ring (bicyclic) bond motifs is 1. The van der Waals surface area contributed by atoms with E-state index < -0.39 is 0 Å². The molecule has 1 aliphatic rings. The van der Waals surface area contributed by atoms with Gasteiger partial charge in [0.25, 0.3) is 5.91 Å². The summed E-state index contributed by atoms with van der Waals surface area (Å²) in [7, 11) is 0. The van der Waals surface area contributed by atoms with Crippen molar-refractivity contribution in [3.05, 3.63) is 66.4 Å². The fourth-order valence-electron chi connectivity index (χ4n) is 3.32. The van der Waals surface area contributed by atoms with Crippen molar-refractivity contribution in [3.63, 3.8) is 0 Å². The van der Waals surface area contributed by atoms with E-state index in [0.29, 0.717) is 23.7 Å². The van der Waals surface area contributed by atoms with E-state index in [0.717, 1.165) is 25.2 Å². The Hall–Kier alpha value is -2.89. The number of carbonyl (C=O) groups excluding carboxylic acids is 1. The van der Waals surface area contributed by atoms with Crippen molar-refractivity contribution in [1.82, 2.24) is 14.7 Å². The van der Waals surface area contributed by atoms with Crippen LogP contribution in [0.1, 0.15) is 16.8 Å². The Balaban J connectivity index is 1.35. The third-order valence-corrected chi connectivity index (χ3v) is 4.68. The Morgan fingerprint density at radius 1 is 1.28 bits per heavy atom. The molecule has 25 heavy (non-hydrogen) atoms. The molecular formula is C19H19FN4O. The number of anilines is 1. The van der Waals surface area contributed by atoms with Crippen LogP contribution in [0.2, 0.25) is 0 Å². The average molecular weight is 338 g/mol. The van der Waals surface area contributed by atoms with E-state index >= 15 is 0 Å². The number of nitrogens with one attached hydrogen (secondary N) is 1. The van der Waals surface area contributed by atoms with Crippen molar-refractivity contribution in [2.75, 3.05) is 24.5 Å². The molecule has 0 radical (unpaired) electrons. The van der Waals surface area contributed by atoms with Crippen LogP contribution in [0.5, 0.6) is 0 Å². The maximum atomic E-state index is 13.9. The Morgan fingerprint density at radius 3 is 3.04 bits per heavy atom. The maximum absolute atomic E-state index is 13.9. The number of rotatable bonds is 4. The fourth-order valence-corrected chi connectivity index (χ4v) is 3.32. The summed E-state index contributed by atoms with van der Waals surface area (Å²) in [4.78, 5) is 18.6. The van der Waals surface area contributed by atoms with E-state index in [1.54, 1.807) is 30.6 Å². The molecule has 0 saturated carbocycles. The second-order valence-corrected chi connectivity index (χ2v) is 6.37. The first-order valence-electron chi connectivity index (χ1n) is 8.41. The standard InChI is InChI=1S/C19H19FN4O/c20-16-3-1-2-4-17(16)23-9-7-14(12-23)11-22-19(25)15-5-6-18-21-8-10-24(18)13-15/h1-6,8,10,13-14H,7,9,11-12H2,(H,22,25)/t14-/m0/s1. The Kier molecular flexibility index (Phi) is 4.09. The molecule has 2 aromatic heterocycles. The van der Waals surface area contributed by atoms with Crippen LogP contribution in [0.4, 0.5) is 10.1 Å². The van der Waals surface area contributed by atoms with Gasteiger partial charge in [-0.1, -0.05) is 12.1 Å². The molecule has 1 N–H and O–H groups in total. The molecule has 1 atom stereocenters. The number of carbonyl (C=O) groups is 1. The van der Waals surface area contributed by atoms with Gasteiger partial charge in [-0.2, -0.15) is 0 Å². The number of benzene rings is 1. The van der Waals surface area contributed by atoms with Crippen LogP contribution in [0.15, 0.2) is 55.0 Å². The van der Waals surface area contributed by atoms with Gasteiger partial charge in [-0.15, -0.1) is 0 Å². The highest BCUT2D eigenvalue weighted by atomic mass is 19.1. The number of hydrogen-bond donors (Lipinski definition) is 1. The number of halogens is 1. The van der Waals surface area contributed by atoms with Gasteiger partial charge in [0.05, 0.1) is 11.3 Å². The molecule has 0 aliphatic carbocycles. The number of imidazole rings is 1. The van der Waals surface area contributed by atoms with E-state index in [1.807, 2.05) is 27.6 Å². The lowest BCUT2D eigenvalue weighted by molar-refractivity contribution is 0.0948. The van der Waals surface area contributed by atoms with Gasteiger partial charge in [0.2, 0.25) is 0 Å². The third kappa shape index (κ3) is 3.20. The second-order valence-electron chi connectivity index (χ2n) is 6.37. The van der Waals surface area contributed by atoms with Gasteiger partial charge in [0.15, 0.2) is 0 Å². The van der Waals surface area contributed by atoms with Gasteiger partial charge in [-0.25, -0.2) is 9.37 Å². The Bertz CT molecular complexity index is 907. The topological polar surface area (TPSA) is 49.6 Å². The lowest BCUT2D eigenvalue weighted by atomic mass is 10.1. The van der Waals surface area contributed by atoms with E-state index in [2.05, 4.69) is 10.3 Å². The Labute approximate surface area is 145 Å². The van der Waals surface area contributed by atoms with Gasteiger partial charge in [0.1, 0.15) is 11.5 Å². The number of hydrogen-bond acceptors (Lipinski definition) is 3. The highest BCUT2D eigenvalue weighted by molar-refractivity contribution is 5.94. The molecule has 4 rings (SSSR count). The molecule has 1 amide bonds. The molecule has 1 aromatic carbocycles. The summed E-state index contributed by atoms with van der Waals surface area (Å²) in [6.45, 7) is 2.15. The first kappa shape index (κ1) is 15.6. The van der Waals surface area contributed by atoms with E-state index in [-0.39, 0.29) is 11.7 Å². The molecule has 3 heterocycles. The minimum absolute atomic E-state index is 0.0973. The molecular weight excluding hydrogens is 319 g/mol. The van der Waals surface area contributed by atoms with Gasteiger partial charge in [-0.05, 0) is 36.6 Å². The molecule has 1 saturated heterocycles. The summed E-state index contributed by atoms with van der Waals surface area (Å²) in [5, 5.41) is 2.99. The van der Waals surface area contributed by atoms with Crippen LogP contribution >= 0.6 is 0 Å². The van der Waals surface area contributed by atoms with Crippen LogP contribution in [-0.2, 0) is 0 Å². The number of nitrogens with zero attached hydrogens (tertiary/aromatic N) is 3. The summed E-state index contributed by atoms with van der Waals surface area (Å²) >= 11 is 0. The van der Waals surface area contributed by atoms with Crippen LogP contribution in [0.25, 0.3) is 5.65 Å². The number of para-hydroxylation sites is 1. The summed E-state index contributed by atoms with van der Waals surface area (Å²) in [6, 6.07) is 10.4. The summed E-state index contributed by atoms with van der Waals surface area (Å²) < 4.78 is 15.7. The Morgan fingerprint density at radius 2 is 2.16 bits per heavy atom. The number of aromatic nitrogens is 2. The lowest BCUT2D eigenvalue weighted by Crippen LogP contribution is -2.31. The molecule has 3 aromatic rings. The SMILES string of the molecule is O=C(NC[C@@H]1CCN(c2ccccc2F)C1)c1ccc2nccn2c1. The molecule has 1 aliphatic heterocycles. The average Bonchev–Trinajstić information content (AvgIpc) is 3.28. The van der Waals surface area contributed by atoms with Crippen LogP contribution in [0.3, 0.4) is 0 Å². The monoisotopic (exact) mass is 338 g/mol. The van der Waals surface area contributed by atoms with Crippen LogP contribution in [0, 0.1) is 11.7 Å². The lowest BCUT2D eigenvalue weighted by Gasteiger charge is -2.19. The maximum Gasteiger partial charge on any atom is 0.252 e. The number of pyridine rings is 1. The second kappa shape index (κ2) is 6.55. The van der Waals surface area contributed by atoms with Crippen molar-refractivity contribution >= 4 is 17.2 Å². The van der Waals surface area contributed by atoms with Crippen molar-refractivity contribution in [2.24, 2.45) is 5.92 Å². The van der Waals surface area contributed by atoms with E-state index in [9.17, 15) is 9.18 Å². The van der Waals surface area contributed by atoms with Gasteiger partial charge in [0, 0.05) is 38.2 Å². The van der Waals surface area contributed by atoms with E-state index in [1.165, 1.54) is 6.07 Å². The molecule has 1 fully saturated rings. The van der Waals surface area contributed by atoms with Crippen LogP contribution in [-0.4, -0.2) is 34.9 Å². The zero-order valence-corrected chi connectivity index (χ0v) is 13.7. The zero-order chi connectivity index (χ0) is 17.2. The summed E-state index contributed by atoms with van der Waals surface area (Å²) in [5.74, 6) is 0.0290. The highest BCUT2D eigenvalue weighted by Gasteiger charge is 2.24. The number of amides is 1. The fraction of sp³-hybridized carbons (Fsp3) is 0.263. The molecule has 0 unspecified atom stereocenters. The van der Waals surface area contributed by atoms with Gasteiger partial charge in [-0.3, -0.25) is 4.79 Å². The molecule has 0 bridgehead atoms. The van der Waals surface area contributed by atoms with Crippen LogP contribution < -0.4 is 10.2 Å². The van der Waals surface area contributed by atoms with Crippen molar-refractivity contribution in [3.8, 4) is 0 Å². The highest BCUT2D eigenvalue weighted by Crippen LogP contribution is 2.25. The summed E-state index contributed by atoms with van der Waals surface area (Å²) in [6.07, 6.45) is 6.23. The molecule has 0 spiro atoms. The predicted octanol–water partition coefficient (Wildman–Crippen LogP) is 2.73. The zero-order valence-electron chi connectivity index (χ0n) is 13.7. The van der Waals surface area contributed by atoms with Gasteiger partial charge >= 0.3 is 0 Å². The van der Waals surface area contributed by atoms with Crippen molar-refractivity contribution in [2.45, 2.75) is 6.42 Å². The molecule has 6 heteroatoms. The molecule has 5 nitrogen and oxygen atoms in total. The minimum Gasteiger partial charge on any atom is -0.369 e. The smallest absolute Gasteiger partial charge is 0.252 e. The van der Waals surface area contributed by atoms with Crippen molar-refractivity contribution in [1.29, 1.82) is 0 Å². The molecule has 128 valence electrons. The minimum atomic E-state index is -0.194. The quantitative estimate of drug-likeness (QED) is 0.796. The largest absolute Gasteiger partial charge is 0.369 e. The van der Waals surface area contributed by atoms with E-state index in [4.69, 9.17) is 0 Å². The first-order chi connectivity index (χ1) is 12.2.